The van der Waals surface area contributed by atoms with Gasteiger partial charge in [-0.05, 0) is 19.3 Å². The molecule has 0 radical (unpaired) electrons. The van der Waals surface area contributed by atoms with Crippen LogP contribution < -0.4 is 5.32 Å². The molecule has 5 heteroatoms. The van der Waals surface area contributed by atoms with Crippen LogP contribution in [0.4, 0.5) is 0 Å². The predicted octanol–water partition coefficient (Wildman–Crippen LogP) is 0.696. The first kappa shape index (κ1) is 14.0. The molecule has 0 saturated carbocycles. The van der Waals surface area contributed by atoms with Gasteiger partial charge in [-0.15, -0.1) is 0 Å². The normalized spacial score (nSPS) is 26.7. The Labute approximate surface area is 102 Å². The van der Waals surface area contributed by atoms with E-state index in [1.807, 2.05) is 11.8 Å². The predicted molar refractivity (Wildman–Crippen MR) is 64.7 cm³/mol. The number of nitrogens with one attached hydrogen (secondary N) is 1. The molecule has 1 rings (SSSR count). The van der Waals surface area contributed by atoms with Gasteiger partial charge in [-0.3, -0.25) is 14.5 Å². The number of amides is 1. The summed E-state index contributed by atoms with van der Waals surface area (Å²) in [6.07, 6.45) is 0.750. The summed E-state index contributed by atoms with van der Waals surface area (Å²) in [5.74, 6) is -0.654. The van der Waals surface area contributed by atoms with Gasteiger partial charge in [-0.1, -0.05) is 13.8 Å². The summed E-state index contributed by atoms with van der Waals surface area (Å²) in [6.45, 7) is 7.64. The maximum absolute atomic E-state index is 11.9. The van der Waals surface area contributed by atoms with Crippen molar-refractivity contribution in [2.24, 2.45) is 5.92 Å². The van der Waals surface area contributed by atoms with E-state index in [-0.39, 0.29) is 18.4 Å². The van der Waals surface area contributed by atoms with Crippen molar-refractivity contribution in [2.75, 3.05) is 13.1 Å². The minimum Gasteiger partial charge on any atom is -0.481 e. The maximum Gasteiger partial charge on any atom is 0.305 e. The molecule has 0 aromatic heterocycles. The summed E-state index contributed by atoms with van der Waals surface area (Å²) in [4.78, 5) is 24.8. The molecule has 1 aliphatic heterocycles. The first-order chi connectivity index (χ1) is 7.90. The van der Waals surface area contributed by atoms with E-state index in [0.29, 0.717) is 5.92 Å². The molecule has 2 atom stereocenters. The molecule has 0 bridgehead atoms. The molecule has 0 spiro atoms. The highest BCUT2D eigenvalue weighted by molar-refractivity contribution is 5.86. The van der Waals surface area contributed by atoms with E-state index in [9.17, 15) is 9.59 Å². The molecular weight excluding hydrogens is 220 g/mol. The first-order valence-corrected chi connectivity index (χ1v) is 6.16. The number of carbonyl (C=O) groups excluding carboxylic acids is 1. The number of hydrogen-bond donors (Lipinski definition) is 2. The number of nitrogens with zero attached hydrogens (tertiary/aromatic N) is 1. The SMILES string of the molecule is CC(C)CN1CCC(C)NC(=O)C1CC(=O)O. The van der Waals surface area contributed by atoms with Crippen molar-refractivity contribution in [1.82, 2.24) is 10.2 Å². The zero-order chi connectivity index (χ0) is 13.0. The third kappa shape index (κ3) is 4.34. The smallest absolute Gasteiger partial charge is 0.305 e. The lowest BCUT2D eigenvalue weighted by Gasteiger charge is -2.28. The number of aliphatic carboxylic acids is 1. The number of carboxylic acids is 1. The minimum atomic E-state index is -0.923. The number of carbonyl (C=O) groups is 2. The van der Waals surface area contributed by atoms with E-state index in [1.54, 1.807) is 0 Å². The summed E-state index contributed by atoms with van der Waals surface area (Å²) in [5.41, 5.74) is 0. The third-order valence-corrected chi connectivity index (χ3v) is 2.95. The third-order valence-electron chi connectivity index (χ3n) is 2.95. The van der Waals surface area contributed by atoms with E-state index < -0.39 is 12.0 Å². The molecule has 98 valence electrons. The van der Waals surface area contributed by atoms with Crippen LogP contribution in [0.15, 0.2) is 0 Å². The first-order valence-electron chi connectivity index (χ1n) is 6.16. The molecule has 1 amide bonds. The van der Waals surface area contributed by atoms with Crippen molar-refractivity contribution in [3.63, 3.8) is 0 Å². The second-order valence-electron chi connectivity index (χ2n) is 5.20. The Morgan fingerprint density at radius 2 is 2.24 bits per heavy atom. The van der Waals surface area contributed by atoms with Crippen molar-refractivity contribution in [3.8, 4) is 0 Å². The molecule has 5 nitrogen and oxygen atoms in total. The van der Waals surface area contributed by atoms with Gasteiger partial charge in [-0.25, -0.2) is 0 Å². The fraction of sp³-hybridized carbons (Fsp3) is 0.833. The maximum atomic E-state index is 11.9. The minimum absolute atomic E-state index is 0.120. The lowest BCUT2D eigenvalue weighted by molar-refractivity contribution is -0.141. The summed E-state index contributed by atoms with van der Waals surface area (Å²) < 4.78 is 0. The molecular formula is C12H22N2O3. The Morgan fingerprint density at radius 3 is 2.76 bits per heavy atom. The van der Waals surface area contributed by atoms with Crippen molar-refractivity contribution in [1.29, 1.82) is 0 Å². The Balaban J connectivity index is 2.79. The quantitative estimate of drug-likeness (QED) is 0.761. The molecule has 0 aromatic carbocycles. The van der Waals surface area contributed by atoms with Crippen LogP contribution >= 0.6 is 0 Å². The lowest BCUT2D eigenvalue weighted by atomic mass is 10.1. The van der Waals surface area contributed by atoms with Crippen LogP contribution in [0.5, 0.6) is 0 Å². The van der Waals surface area contributed by atoms with Crippen molar-refractivity contribution in [2.45, 2.75) is 45.7 Å². The Morgan fingerprint density at radius 1 is 1.59 bits per heavy atom. The highest BCUT2D eigenvalue weighted by atomic mass is 16.4. The van der Waals surface area contributed by atoms with Gasteiger partial charge in [0.15, 0.2) is 0 Å². The molecule has 1 saturated heterocycles. The monoisotopic (exact) mass is 242 g/mol. The van der Waals surface area contributed by atoms with Gasteiger partial charge >= 0.3 is 5.97 Å². The summed E-state index contributed by atoms with van der Waals surface area (Å²) >= 11 is 0. The van der Waals surface area contributed by atoms with Gasteiger partial charge in [0.25, 0.3) is 0 Å². The van der Waals surface area contributed by atoms with Crippen LogP contribution in [0, 0.1) is 5.92 Å². The van der Waals surface area contributed by atoms with E-state index in [4.69, 9.17) is 5.11 Å². The van der Waals surface area contributed by atoms with Crippen LogP contribution in [0.3, 0.4) is 0 Å². The molecule has 1 fully saturated rings. The van der Waals surface area contributed by atoms with Gasteiger partial charge in [0.1, 0.15) is 0 Å². The van der Waals surface area contributed by atoms with E-state index in [2.05, 4.69) is 19.2 Å². The Bertz CT molecular complexity index is 291. The lowest BCUT2D eigenvalue weighted by Crippen LogP contribution is -2.47. The topological polar surface area (TPSA) is 69.6 Å². The second-order valence-corrected chi connectivity index (χ2v) is 5.20. The van der Waals surface area contributed by atoms with Crippen molar-refractivity contribution < 1.29 is 14.7 Å². The van der Waals surface area contributed by atoms with Gasteiger partial charge in [0.2, 0.25) is 5.91 Å². The van der Waals surface area contributed by atoms with Crippen LogP contribution in [-0.4, -0.2) is 47.1 Å². The van der Waals surface area contributed by atoms with Crippen molar-refractivity contribution in [3.05, 3.63) is 0 Å². The van der Waals surface area contributed by atoms with Crippen LogP contribution in [0.25, 0.3) is 0 Å². The van der Waals surface area contributed by atoms with Gasteiger partial charge in [0, 0.05) is 19.1 Å². The number of hydrogen-bond acceptors (Lipinski definition) is 3. The highest BCUT2D eigenvalue weighted by Crippen LogP contribution is 2.14. The van der Waals surface area contributed by atoms with E-state index in [0.717, 1.165) is 19.5 Å². The van der Waals surface area contributed by atoms with Gasteiger partial charge in [0.05, 0.1) is 12.5 Å². The van der Waals surface area contributed by atoms with Crippen LogP contribution in [-0.2, 0) is 9.59 Å². The molecule has 1 aliphatic rings. The largest absolute Gasteiger partial charge is 0.481 e. The molecule has 17 heavy (non-hydrogen) atoms. The van der Waals surface area contributed by atoms with E-state index >= 15 is 0 Å². The standard InChI is InChI=1S/C12H22N2O3/c1-8(2)7-14-5-4-9(3)13-12(17)10(14)6-11(15)16/h8-10H,4-7H2,1-3H3,(H,13,17)(H,15,16). The number of rotatable bonds is 4. The van der Waals surface area contributed by atoms with Crippen molar-refractivity contribution >= 4 is 11.9 Å². The zero-order valence-corrected chi connectivity index (χ0v) is 10.8. The average molecular weight is 242 g/mol. The van der Waals surface area contributed by atoms with E-state index in [1.165, 1.54) is 0 Å². The number of carboxylic acid groups (broad SMARTS) is 1. The Hall–Kier alpha value is -1.10. The van der Waals surface area contributed by atoms with Gasteiger partial charge in [-0.2, -0.15) is 0 Å². The summed E-state index contributed by atoms with van der Waals surface area (Å²) in [7, 11) is 0. The molecule has 1 heterocycles. The summed E-state index contributed by atoms with van der Waals surface area (Å²) in [6, 6.07) is -0.407. The van der Waals surface area contributed by atoms with Gasteiger partial charge < -0.3 is 10.4 Å². The van der Waals surface area contributed by atoms with Crippen LogP contribution in [0.2, 0.25) is 0 Å². The fourth-order valence-corrected chi connectivity index (χ4v) is 2.17. The molecule has 2 unspecified atom stereocenters. The molecule has 2 N–H and O–H groups in total. The second kappa shape index (κ2) is 6.00. The highest BCUT2D eigenvalue weighted by Gasteiger charge is 2.32. The Kier molecular flexibility index (Phi) is 4.93. The van der Waals surface area contributed by atoms with Crippen LogP contribution in [0.1, 0.15) is 33.6 Å². The fourth-order valence-electron chi connectivity index (χ4n) is 2.17. The molecule has 0 aromatic rings. The summed E-state index contributed by atoms with van der Waals surface area (Å²) in [5, 5.41) is 11.7. The zero-order valence-electron chi connectivity index (χ0n) is 10.8. The molecule has 0 aliphatic carbocycles. The average Bonchev–Trinajstić information content (AvgIpc) is 2.29.